The average Bonchev–Trinajstić information content (AvgIpc) is 2.85. The van der Waals surface area contributed by atoms with Gasteiger partial charge >= 0.3 is 6.09 Å². The lowest BCUT2D eigenvalue weighted by Gasteiger charge is -2.20. The number of carbonyl (C=O) groups excluding carboxylic acids is 1. The van der Waals surface area contributed by atoms with E-state index in [9.17, 15) is 4.79 Å². The molecule has 0 N–H and O–H groups in total. The lowest BCUT2D eigenvalue weighted by atomic mass is 10.1. The second-order valence-corrected chi connectivity index (χ2v) is 6.29. The summed E-state index contributed by atoms with van der Waals surface area (Å²) in [6.07, 6.45) is 3.41. The van der Waals surface area contributed by atoms with Crippen molar-refractivity contribution in [3.05, 3.63) is 42.6 Å². The van der Waals surface area contributed by atoms with E-state index in [0.29, 0.717) is 0 Å². The Kier molecular flexibility index (Phi) is 4.23. The standard InChI is InChI=1S/C16H19NO2S/c1-16(2,3)19-15(18)17-11-7-9-13(17)12-8-5-6-10-14(12)20-4/h5-11H,1-4H3. The zero-order valence-corrected chi connectivity index (χ0v) is 13.0. The van der Waals surface area contributed by atoms with Gasteiger partial charge in [-0.3, -0.25) is 4.57 Å². The molecular weight excluding hydrogens is 270 g/mol. The first-order valence-corrected chi connectivity index (χ1v) is 7.69. The molecule has 0 atom stereocenters. The molecular formula is C16H19NO2S. The highest BCUT2D eigenvalue weighted by atomic mass is 32.2. The first kappa shape index (κ1) is 14.7. The number of aromatic nitrogens is 1. The molecule has 0 aliphatic rings. The molecule has 0 saturated heterocycles. The van der Waals surface area contributed by atoms with Gasteiger partial charge in [-0.15, -0.1) is 11.8 Å². The molecule has 1 aromatic carbocycles. The molecule has 0 amide bonds. The SMILES string of the molecule is CSc1ccccc1-c1cccn1C(=O)OC(C)(C)C. The number of benzene rings is 1. The molecule has 2 aromatic rings. The van der Waals surface area contributed by atoms with Crippen molar-refractivity contribution in [2.24, 2.45) is 0 Å². The molecule has 3 nitrogen and oxygen atoms in total. The first-order chi connectivity index (χ1) is 9.42. The zero-order valence-electron chi connectivity index (χ0n) is 12.2. The van der Waals surface area contributed by atoms with Crippen molar-refractivity contribution >= 4 is 17.9 Å². The average molecular weight is 289 g/mol. The number of rotatable bonds is 2. The summed E-state index contributed by atoms with van der Waals surface area (Å²) in [5, 5.41) is 0. The number of hydrogen-bond donors (Lipinski definition) is 0. The van der Waals surface area contributed by atoms with Crippen LogP contribution in [-0.4, -0.2) is 22.5 Å². The van der Waals surface area contributed by atoms with Crippen LogP contribution in [0.25, 0.3) is 11.3 Å². The zero-order chi connectivity index (χ0) is 14.8. The molecule has 0 bridgehead atoms. The highest BCUT2D eigenvalue weighted by Crippen LogP contribution is 2.30. The van der Waals surface area contributed by atoms with Crippen LogP contribution in [0.4, 0.5) is 4.79 Å². The smallest absolute Gasteiger partial charge is 0.418 e. The van der Waals surface area contributed by atoms with Crippen molar-refractivity contribution in [2.45, 2.75) is 31.3 Å². The lowest BCUT2D eigenvalue weighted by Crippen LogP contribution is -2.27. The summed E-state index contributed by atoms with van der Waals surface area (Å²) < 4.78 is 6.99. The summed E-state index contributed by atoms with van der Waals surface area (Å²) in [5.41, 5.74) is 1.39. The minimum atomic E-state index is -0.502. The Morgan fingerprint density at radius 3 is 2.50 bits per heavy atom. The van der Waals surface area contributed by atoms with Gasteiger partial charge in [-0.05, 0) is 45.2 Å². The fourth-order valence-corrected chi connectivity index (χ4v) is 2.53. The summed E-state index contributed by atoms with van der Waals surface area (Å²) in [7, 11) is 0. The molecule has 1 heterocycles. The maximum Gasteiger partial charge on any atom is 0.418 e. The van der Waals surface area contributed by atoms with E-state index < -0.39 is 5.60 Å². The van der Waals surface area contributed by atoms with Crippen LogP contribution in [0, 0.1) is 0 Å². The second-order valence-electron chi connectivity index (χ2n) is 5.44. The topological polar surface area (TPSA) is 31.2 Å². The Labute approximate surface area is 123 Å². The Morgan fingerprint density at radius 2 is 1.85 bits per heavy atom. The van der Waals surface area contributed by atoms with Gasteiger partial charge in [-0.1, -0.05) is 18.2 Å². The predicted molar refractivity (Wildman–Crippen MR) is 83.3 cm³/mol. The number of ether oxygens (including phenoxy) is 1. The molecule has 1 aromatic heterocycles. The van der Waals surface area contributed by atoms with Crippen LogP contribution in [0.2, 0.25) is 0 Å². The Balaban J connectivity index is 2.41. The summed E-state index contributed by atoms with van der Waals surface area (Å²) >= 11 is 1.66. The van der Waals surface area contributed by atoms with Gasteiger partial charge in [-0.2, -0.15) is 0 Å². The summed E-state index contributed by atoms with van der Waals surface area (Å²) in [4.78, 5) is 13.4. The molecule has 0 aliphatic heterocycles. The molecule has 0 spiro atoms. The van der Waals surface area contributed by atoms with E-state index in [1.54, 1.807) is 22.5 Å². The second kappa shape index (κ2) is 5.75. The van der Waals surface area contributed by atoms with Crippen LogP contribution in [0.15, 0.2) is 47.5 Å². The summed E-state index contributed by atoms with van der Waals surface area (Å²) in [6.45, 7) is 5.59. The van der Waals surface area contributed by atoms with Gasteiger partial charge in [-0.25, -0.2) is 4.79 Å². The van der Waals surface area contributed by atoms with Gasteiger partial charge in [0.25, 0.3) is 0 Å². The number of nitrogens with zero attached hydrogens (tertiary/aromatic N) is 1. The number of carbonyl (C=O) groups is 1. The summed E-state index contributed by atoms with van der Waals surface area (Å²) in [5.74, 6) is 0. The Hall–Kier alpha value is -1.68. The van der Waals surface area contributed by atoms with Crippen LogP contribution >= 0.6 is 11.8 Å². The monoisotopic (exact) mass is 289 g/mol. The molecule has 0 saturated carbocycles. The lowest BCUT2D eigenvalue weighted by molar-refractivity contribution is 0.0540. The maximum atomic E-state index is 12.2. The van der Waals surface area contributed by atoms with E-state index >= 15 is 0 Å². The fraction of sp³-hybridized carbons (Fsp3) is 0.312. The third-order valence-corrected chi connectivity index (χ3v) is 3.52. The number of hydrogen-bond acceptors (Lipinski definition) is 3. The van der Waals surface area contributed by atoms with E-state index in [-0.39, 0.29) is 6.09 Å². The van der Waals surface area contributed by atoms with Crippen molar-refractivity contribution in [3.63, 3.8) is 0 Å². The van der Waals surface area contributed by atoms with Gasteiger partial charge in [0.15, 0.2) is 0 Å². The van der Waals surface area contributed by atoms with E-state index in [1.807, 2.05) is 63.4 Å². The number of thioether (sulfide) groups is 1. The van der Waals surface area contributed by atoms with E-state index in [2.05, 4.69) is 0 Å². The van der Waals surface area contributed by atoms with Crippen LogP contribution in [0.5, 0.6) is 0 Å². The van der Waals surface area contributed by atoms with Gasteiger partial charge < -0.3 is 4.74 Å². The van der Waals surface area contributed by atoms with Crippen LogP contribution in [0.3, 0.4) is 0 Å². The minimum absolute atomic E-state index is 0.353. The Bertz CT molecular complexity index is 611. The molecule has 0 fully saturated rings. The minimum Gasteiger partial charge on any atom is -0.443 e. The normalized spacial score (nSPS) is 11.4. The van der Waals surface area contributed by atoms with Crippen molar-refractivity contribution in [2.75, 3.05) is 6.26 Å². The first-order valence-electron chi connectivity index (χ1n) is 6.46. The highest BCUT2D eigenvalue weighted by Gasteiger charge is 2.20. The van der Waals surface area contributed by atoms with Crippen molar-refractivity contribution in [1.82, 2.24) is 4.57 Å². The van der Waals surface area contributed by atoms with Crippen LogP contribution in [-0.2, 0) is 4.74 Å². The third-order valence-electron chi connectivity index (χ3n) is 2.72. The van der Waals surface area contributed by atoms with Gasteiger partial charge in [0.1, 0.15) is 5.60 Å². The van der Waals surface area contributed by atoms with Gasteiger partial charge in [0.2, 0.25) is 0 Å². The molecule has 106 valence electrons. The van der Waals surface area contributed by atoms with Crippen molar-refractivity contribution < 1.29 is 9.53 Å². The van der Waals surface area contributed by atoms with E-state index in [0.717, 1.165) is 16.2 Å². The fourth-order valence-electron chi connectivity index (χ4n) is 1.93. The molecule has 0 radical (unpaired) electrons. The third kappa shape index (κ3) is 3.25. The Morgan fingerprint density at radius 1 is 1.15 bits per heavy atom. The van der Waals surface area contributed by atoms with Crippen molar-refractivity contribution in [1.29, 1.82) is 0 Å². The van der Waals surface area contributed by atoms with Crippen molar-refractivity contribution in [3.8, 4) is 11.3 Å². The molecule has 20 heavy (non-hydrogen) atoms. The predicted octanol–water partition coefficient (Wildman–Crippen LogP) is 4.66. The van der Waals surface area contributed by atoms with Gasteiger partial charge in [0, 0.05) is 16.7 Å². The molecule has 0 aliphatic carbocycles. The quantitative estimate of drug-likeness (QED) is 0.753. The molecule has 0 unspecified atom stereocenters. The van der Waals surface area contributed by atoms with E-state index in [1.165, 1.54) is 0 Å². The van der Waals surface area contributed by atoms with E-state index in [4.69, 9.17) is 4.74 Å². The highest BCUT2D eigenvalue weighted by molar-refractivity contribution is 7.98. The summed E-state index contributed by atoms with van der Waals surface area (Å²) in [6, 6.07) is 11.8. The maximum absolute atomic E-state index is 12.2. The molecule has 4 heteroatoms. The molecule has 2 rings (SSSR count). The van der Waals surface area contributed by atoms with Crippen LogP contribution < -0.4 is 0 Å². The van der Waals surface area contributed by atoms with Crippen LogP contribution in [0.1, 0.15) is 20.8 Å². The largest absolute Gasteiger partial charge is 0.443 e. The van der Waals surface area contributed by atoms with Gasteiger partial charge in [0.05, 0.1) is 5.69 Å².